The number of nitrogens with one attached hydrogen (secondary N) is 1. The molecule has 6 nitrogen and oxygen atoms in total. The van der Waals surface area contributed by atoms with Gasteiger partial charge in [-0.05, 0) is 37.1 Å². The normalized spacial score (nSPS) is 25.6. The van der Waals surface area contributed by atoms with Crippen LogP contribution in [0.1, 0.15) is 35.3 Å². The number of aromatic nitrogens is 1. The van der Waals surface area contributed by atoms with Gasteiger partial charge in [0.1, 0.15) is 17.7 Å². The quantitative estimate of drug-likeness (QED) is 0.736. The van der Waals surface area contributed by atoms with Crippen molar-refractivity contribution in [2.45, 2.75) is 37.5 Å². The fraction of sp³-hybridized carbons (Fsp3) is 0.350. The van der Waals surface area contributed by atoms with E-state index in [1.54, 1.807) is 6.20 Å². The minimum absolute atomic E-state index is 0.0751. The molecule has 1 amide bonds. The van der Waals surface area contributed by atoms with Gasteiger partial charge in [-0.15, -0.1) is 5.10 Å². The Balaban J connectivity index is 1.58. The Morgan fingerprint density at radius 3 is 2.83 bits per heavy atom. The molecule has 3 unspecified atom stereocenters. The molecule has 3 atom stereocenters. The molecule has 9 heteroatoms. The van der Waals surface area contributed by atoms with E-state index in [2.05, 4.69) is 20.3 Å². The molecule has 0 aliphatic carbocycles. The highest BCUT2D eigenvalue weighted by molar-refractivity contribution is 6.44. The summed E-state index contributed by atoms with van der Waals surface area (Å²) < 4.78 is 13.7. The minimum Gasteiger partial charge on any atom is -0.328 e. The van der Waals surface area contributed by atoms with Crippen LogP contribution in [0.4, 0.5) is 4.39 Å². The van der Waals surface area contributed by atoms with E-state index in [1.807, 2.05) is 18.2 Å². The van der Waals surface area contributed by atoms with Crippen LogP contribution in [0, 0.1) is 5.82 Å². The molecule has 1 aromatic carbocycles. The summed E-state index contributed by atoms with van der Waals surface area (Å²) in [5.74, 6) is -0.418. The molecule has 150 valence electrons. The maximum atomic E-state index is 13.7. The number of carbonyl (C=O) groups is 1. The SMILES string of the molecule is O=C(c1ccc(F)c(Cl)c1Cl)N1N=C(c2ccccn2)N2CC3CCCC(N3)C21. The van der Waals surface area contributed by atoms with Gasteiger partial charge in [0.25, 0.3) is 5.91 Å². The smallest absolute Gasteiger partial charge is 0.277 e. The lowest BCUT2D eigenvalue weighted by molar-refractivity contribution is 0.0240. The Labute approximate surface area is 177 Å². The Hall–Kier alpha value is -2.22. The van der Waals surface area contributed by atoms with Crippen molar-refractivity contribution < 1.29 is 9.18 Å². The van der Waals surface area contributed by atoms with E-state index in [9.17, 15) is 9.18 Å². The number of hydrazone groups is 1. The molecule has 2 bridgehead atoms. The zero-order valence-corrected chi connectivity index (χ0v) is 16.9. The number of rotatable bonds is 2. The fourth-order valence-electron chi connectivity index (χ4n) is 4.40. The molecule has 1 N–H and O–H groups in total. The number of nitrogens with zero attached hydrogens (tertiary/aromatic N) is 4. The number of halogens is 3. The van der Waals surface area contributed by atoms with Crippen LogP contribution >= 0.6 is 23.2 Å². The fourth-order valence-corrected chi connectivity index (χ4v) is 4.80. The average molecular weight is 434 g/mol. The van der Waals surface area contributed by atoms with Crippen molar-refractivity contribution in [3.8, 4) is 0 Å². The third-order valence-corrected chi connectivity index (χ3v) is 6.57. The first-order chi connectivity index (χ1) is 14.0. The van der Waals surface area contributed by atoms with Crippen molar-refractivity contribution in [2.24, 2.45) is 5.10 Å². The van der Waals surface area contributed by atoms with E-state index in [4.69, 9.17) is 23.2 Å². The van der Waals surface area contributed by atoms with Crippen molar-refractivity contribution in [2.75, 3.05) is 6.54 Å². The van der Waals surface area contributed by atoms with Gasteiger partial charge in [-0.1, -0.05) is 35.7 Å². The number of carbonyl (C=O) groups excluding carboxylic acids is 1. The van der Waals surface area contributed by atoms with Gasteiger partial charge in [0.15, 0.2) is 5.84 Å². The number of benzene rings is 1. The molecule has 5 rings (SSSR count). The number of amidine groups is 1. The highest BCUT2D eigenvalue weighted by Gasteiger charge is 2.49. The largest absolute Gasteiger partial charge is 0.328 e. The second-order valence-electron chi connectivity index (χ2n) is 7.48. The number of fused-ring (bicyclic) bond motifs is 4. The predicted molar refractivity (Wildman–Crippen MR) is 108 cm³/mol. The topological polar surface area (TPSA) is 60.8 Å². The average Bonchev–Trinajstić information content (AvgIpc) is 3.12. The van der Waals surface area contributed by atoms with Crippen molar-refractivity contribution in [3.05, 3.63) is 63.6 Å². The van der Waals surface area contributed by atoms with Crippen LogP contribution in [0.5, 0.6) is 0 Å². The number of hydrogen-bond acceptors (Lipinski definition) is 5. The van der Waals surface area contributed by atoms with Gasteiger partial charge in [0, 0.05) is 24.8 Å². The Bertz CT molecular complexity index is 1000. The molecule has 3 aliphatic heterocycles. The van der Waals surface area contributed by atoms with Crippen molar-refractivity contribution in [1.82, 2.24) is 20.2 Å². The number of piperidine rings is 1. The highest BCUT2D eigenvalue weighted by atomic mass is 35.5. The monoisotopic (exact) mass is 433 g/mol. The van der Waals surface area contributed by atoms with Gasteiger partial charge in [-0.2, -0.15) is 0 Å². The molecule has 2 saturated heterocycles. The first-order valence-corrected chi connectivity index (χ1v) is 10.3. The van der Waals surface area contributed by atoms with E-state index in [-0.39, 0.29) is 27.8 Å². The van der Waals surface area contributed by atoms with Crippen molar-refractivity contribution in [1.29, 1.82) is 0 Å². The van der Waals surface area contributed by atoms with Crippen LogP contribution in [0.3, 0.4) is 0 Å². The van der Waals surface area contributed by atoms with Crippen LogP contribution in [0.15, 0.2) is 41.6 Å². The van der Waals surface area contributed by atoms with Crippen molar-refractivity contribution in [3.63, 3.8) is 0 Å². The molecule has 3 aliphatic rings. The van der Waals surface area contributed by atoms with Crippen LogP contribution in [-0.2, 0) is 0 Å². The highest BCUT2D eigenvalue weighted by Crippen LogP contribution is 2.35. The first-order valence-electron chi connectivity index (χ1n) is 9.54. The molecule has 0 radical (unpaired) electrons. The van der Waals surface area contributed by atoms with Crippen molar-refractivity contribution >= 4 is 34.9 Å². The standard InChI is InChI=1S/C20H18Cl2FN5O/c21-16-12(7-8-13(23)17(16)22)20(29)28-19-15-6-3-4-11(25-15)10-27(19)18(26-28)14-5-1-2-9-24-14/h1-2,5,7-9,11,15,19,25H,3-4,6,10H2. The lowest BCUT2D eigenvalue weighted by atomic mass is 9.91. The van der Waals surface area contributed by atoms with Gasteiger partial charge in [-0.25, -0.2) is 9.40 Å². The molecule has 2 fully saturated rings. The first kappa shape index (κ1) is 18.8. The number of pyridine rings is 1. The van der Waals surface area contributed by atoms with E-state index in [1.165, 1.54) is 11.1 Å². The van der Waals surface area contributed by atoms with Crippen LogP contribution in [-0.4, -0.2) is 51.4 Å². The zero-order chi connectivity index (χ0) is 20.1. The van der Waals surface area contributed by atoms with E-state index in [0.717, 1.165) is 31.9 Å². The van der Waals surface area contributed by atoms with Crippen LogP contribution in [0.25, 0.3) is 0 Å². The lowest BCUT2D eigenvalue weighted by Gasteiger charge is -2.47. The number of piperazine rings is 1. The Morgan fingerprint density at radius 2 is 2.03 bits per heavy atom. The van der Waals surface area contributed by atoms with E-state index in [0.29, 0.717) is 17.6 Å². The summed E-state index contributed by atoms with van der Waals surface area (Å²) >= 11 is 12.1. The third-order valence-electron chi connectivity index (χ3n) is 5.71. The summed E-state index contributed by atoms with van der Waals surface area (Å²) in [4.78, 5) is 20.0. The molecule has 4 heterocycles. The molecule has 1 aromatic heterocycles. The Kier molecular flexibility index (Phi) is 4.69. The predicted octanol–water partition coefficient (Wildman–Crippen LogP) is 3.50. The molecule has 0 saturated carbocycles. The minimum atomic E-state index is -0.664. The summed E-state index contributed by atoms with van der Waals surface area (Å²) in [6.45, 7) is 0.734. The molecule has 29 heavy (non-hydrogen) atoms. The maximum absolute atomic E-state index is 13.7. The summed E-state index contributed by atoms with van der Waals surface area (Å²) in [5.41, 5.74) is 0.831. The molecule has 0 spiro atoms. The van der Waals surface area contributed by atoms with Crippen LogP contribution in [0.2, 0.25) is 10.0 Å². The summed E-state index contributed by atoms with van der Waals surface area (Å²) in [6, 6.07) is 8.53. The van der Waals surface area contributed by atoms with Gasteiger partial charge < -0.3 is 10.2 Å². The third kappa shape index (κ3) is 3.08. The zero-order valence-electron chi connectivity index (χ0n) is 15.4. The molecular weight excluding hydrogens is 416 g/mol. The van der Waals surface area contributed by atoms with Crippen LogP contribution < -0.4 is 5.32 Å². The summed E-state index contributed by atoms with van der Waals surface area (Å²) in [7, 11) is 0. The maximum Gasteiger partial charge on any atom is 0.277 e. The van der Waals surface area contributed by atoms with Gasteiger partial charge in [-0.3, -0.25) is 9.78 Å². The van der Waals surface area contributed by atoms with E-state index < -0.39 is 11.7 Å². The van der Waals surface area contributed by atoms with Gasteiger partial charge in [0.2, 0.25) is 0 Å². The summed E-state index contributed by atoms with van der Waals surface area (Å²) in [5, 5.41) is 9.36. The summed E-state index contributed by atoms with van der Waals surface area (Å²) in [6.07, 6.45) is 4.52. The molecule has 2 aromatic rings. The van der Waals surface area contributed by atoms with Gasteiger partial charge in [0.05, 0.1) is 15.6 Å². The van der Waals surface area contributed by atoms with E-state index >= 15 is 0 Å². The van der Waals surface area contributed by atoms with Gasteiger partial charge >= 0.3 is 0 Å². The Morgan fingerprint density at radius 1 is 1.17 bits per heavy atom. The molecular formula is C20H18Cl2FN5O. The number of amides is 1. The second kappa shape index (κ2) is 7.23. The number of hydrogen-bond donors (Lipinski definition) is 1. The lowest BCUT2D eigenvalue weighted by Crippen LogP contribution is -2.67. The second-order valence-corrected chi connectivity index (χ2v) is 8.23.